The SMILES string of the molecule is CCc1cccc(NC(=O)CNC(=O)CC2CC3CCC(C2)N3)c1. The number of piperidine rings is 1. The standard InChI is InChI=1S/C19H27N3O2/c1-2-13-4-3-5-15(8-13)22-19(24)12-20-18(23)11-14-9-16-6-7-17(10-14)21-16/h3-5,8,14,16-17,21H,2,6-7,9-12H2,1H3,(H,20,23)(H,22,24). The Labute approximate surface area is 143 Å². The van der Waals surface area contributed by atoms with Crippen LogP contribution in [-0.2, 0) is 16.0 Å². The molecule has 2 atom stereocenters. The molecule has 0 aromatic heterocycles. The predicted octanol–water partition coefficient (Wildman–Crippen LogP) is 2.22. The van der Waals surface area contributed by atoms with Crippen molar-refractivity contribution in [3.8, 4) is 0 Å². The van der Waals surface area contributed by atoms with E-state index in [1.807, 2.05) is 24.3 Å². The molecular formula is C19H27N3O2. The van der Waals surface area contributed by atoms with Gasteiger partial charge in [-0.15, -0.1) is 0 Å². The van der Waals surface area contributed by atoms with Crippen LogP contribution in [0.4, 0.5) is 5.69 Å². The summed E-state index contributed by atoms with van der Waals surface area (Å²) in [5, 5.41) is 9.18. The molecule has 2 unspecified atom stereocenters. The number of nitrogens with one attached hydrogen (secondary N) is 3. The number of amides is 2. The second kappa shape index (κ2) is 7.79. The molecule has 3 N–H and O–H groups in total. The third kappa shape index (κ3) is 4.57. The molecule has 2 heterocycles. The van der Waals surface area contributed by atoms with E-state index >= 15 is 0 Å². The zero-order valence-corrected chi connectivity index (χ0v) is 14.3. The Morgan fingerprint density at radius 3 is 2.62 bits per heavy atom. The minimum absolute atomic E-state index is 0.0150. The summed E-state index contributed by atoms with van der Waals surface area (Å²) in [4.78, 5) is 24.1. The highest BCUT2D eigenvalue weighted by atomic mass is 16.2. The minimum atomic E-state index is -0.179. The van der Waals surface area contributed by atoms with E-state index in [1.54, 1.807) is 0 Å². The van der Waals surface area contributed by atoms with Crippen molar-refractivity contribution in [3.63, 3.8) is 0 Å². The fourth-order valence-electron chi connectivity index (χ4n) is 3.93. The summed E-state index contributed by atoms with van der Waals surface area (Å²) in [6, 6.07) is 8.97. The fraction of sp³-hybridized carbons (Fsp3) is 0.579. The van der Waals surface area contributed by atoms with Gasteiger partial charge in [0.1, 0.15) is 0 Å². The Bertz CT molecular complexity index is 590. The first-order valence-corrected chi connectivity index (χ1v) is 9.04. The molecule has 0 aliphatic carbocycles. The van der Waals surface area contributed by atoms with E-state index in [1.165, 1.54) is 18.4 Å². The first-order valence-electron chi connectivity index (χ1n) is 9.04. The Morgan fingerprint density at radius 2 is 1.92 bits per heavy atom. The topological polar surface area (TPSA) is 70.2 Å². The van der Waals surface area contributed by atoms with E-state index in [4.69, 9.17) is 0 Å². The van der Waals surface area contributed by atoms with Crippen molar-refractivity contribution in [1.29, 1.82) is 0 Å². The van der Waals surface area contributed by atoms with Gasteiger partial charge in [-0.05, 0) is 55.7 Å². The molecule has 2 aliphatic rings. The molecule has 0 radical (unpaired) electrons. The van der Waals surface area contributed by atoms with Crippen molar-refractivity contribution in [1.82, 2.24) is 10.6 Å². The summed E-state index contributed by atoms with van der Waals surface area (Å²) in [5.41, 5.74) is 1.96. The molecule has 3 rings (SSSR count). The van der Waals surface area contributed by atoms with Crippen LogP contribution in [0, 0.1) is 5.92 Å². The van der Waals surface area contributed by atoms with Crippen LogP contribution >= 0.6 is 0 Å². The molecule has 1 aromatic rings. The number of rotatable bonds is 6. The summed E-state index contributed by atoms with van der Waals surface area (Å²) in [5.74, 6) is 0.258. The third-order valence-electron chi connectivity index (χ3n) is 5.11. The molecule has 24 heavy (non-hydrogen) atoms. The zero-order valence-electron chi connectivity index (χ0n) is 14.3. The number of hydrogen-bond acceptors (Lipinski definition) is 3. The summed E-state index contributed by atoms with van der Waals surface area (Å²) in [7, 11) is 0. The van der Waals surface area contributed by atoms with Crippen LogP contribution in [0.5, 0.6) is 0 Å². The van der Waals surface area contributed by atoms with E-state index in [2.05, 4.69) is 22.9 Å². The van der Waals surface area contributed by atoms with E-state index < -0.39 is 0 Å². The Kier molecular flexibility index (Phi) is 5.51. The Morgan fingerprint density at radius 1 is 1.17 bits per heavy atom. The van der Waals surface area contributed by atoms with Crippen molar-refractivity contribution in [3.05, 3.63) is 29.8 Å². The zero-order chi connectivity index (χ0) is 16.9. The van der Waals surface area contributed by atoms with Gasteiger partial charge in [0.05, 0.1) is 6.54 Å². The van der Waals surface area contributed by atoms with Crippen LogP contribution in [0.1, 0.15) is 44.6 Å². The van der Waals surface area contributed by atoms with E-state index in [-0.39, 0.29) is 18.4 Å². The van der Waals surface area contributed by atoms with Crippen molar-refractivity contribution in [2.24, 2.45) is 5.92 Å². The van der Waals surface area contributed by atoms with Gasteiger partial charge in [0.25, 0.3) is 0 Å². The highest BCUT2D eigenvalue weighted by Gasteiger charge is 2.34. The summed E-state index contributed by atoms with van der Waals surface area (Å²) in [6.45, 7) is 2.11. The fourth-order valence-corrected chi connectivity index (χ4v) is 3.93. The summed E-state index contributed by atoms with van der Waals surface area (Å²) < 4.78 is 0. The first kappa shape index (κ1) is 17.0. The predicted molar refractivity (Wildman–Crippen MR) is 94.7 cm³/mol. The van der Waals surface area contributed by atoms with Gasteiger partial charge in [0, 0.05) is 24.2 Å². The Hall–Kier alpha value is -1.88. The van der Waals surface area contributed by atoms with E-state index in [0.717, 1.165) is 24.9 Å². The first-order chi connectivity index (χ1) is 11.6. The molecule has 1 aromatic carbocycles. The molecule has 0 spiro atoms. The molecule has 5 nitrogen and oxygen atoms in total. The molecule has 2 aliphatic heterocycles. The maximum Gasteiger partial charge on any atom is 0.243 e. The quantitative estimate of drug-likeness (QED) is 0.749. The van der Waals surface area contributed by atoms with Crippen molar-refractivity contribution in [2.75, 3.05) is 11.9 Å². The number of carbonyl (C=O) groups excluding carboxylic acids is 2. The number of fused-ring (bicyclic) bond motifs is 2. The Balaban J connectivity index is 1.40. The number of carbonyl (C=O) groups is 2. The van der Waals surface area contributed by atoms with Crippen LogP contribution < -0.4 is 16.0 Å². The lowest BCUT2D eigenvalue weighted by Gasteiger charge is -2.28. The van der Waals surface area contributed by atoms with Gasteiger partial charge in [0.2, 0.25) is 11.8 Å². The average Bonchev–Trinajstić information content (AvgIpc) is 2.92. The van der Waals surface area contributed by atoms with Crippen molar-refractivity contribution < 1.29 is 9.59 Å². The van der Waals surface area contributed by atoms with Gasteiger partial charge in [-0.25, -0.2) is 0 Å². The van der Waals surface area contributed by atoms with Crippen LogP contribution in [0.15, 0.2) is 24.3 Å². The van der Waals surface area contributed by atoms with Gasteiger partial charge in [0.15, 0.2) is 0 Å². The molecule has 2 fully saturated rings. The van der Waals surface area contributed by atoms with Crippen LogP contribution in [0.2, 0.25) is 0 Å². The lowest BCUT2D eigenvalue weighted by Crippen LogP contribution is -2.40. The van der Waals surface area contributed by atoms with Crippen molar-refractivity contribution >= 4 is 17.5 Å². The molecule has 2 amide bonds. The van der Waals surface area contributed by atoms with Crippen LogP contribution in [0.3, 0.4) is 0 Å². The molecule has 2 saturated heterocycles. The summed E-state index contributed by atoms with van der Waals surface area (Å²) in [6.07, 6.45) is 6.11. The van der Waals surface area contributed by atoms with Gasteiger partial charge < -0.3 is 16.0 Å². The van der Waals surface area contributed by atoms with Gasteiger partial charge >= 0.3 is 0 Å². The van der Waals surface area contributed by atoms with E-state index in [0.29, 0.717) is 24.4 Å². The number of anilines is 1. The smallest absolute Gasteiger partial charge is 0.243 e. The highest BCUT2D eigenvalue weighted by molar-refractivity contribution is 5.94. The molecular weight excluding hydrogens is 302 g/mol. The number of benzene rings is 1. The van der Waals surface area contributed by atoms with Gasteiger partial charge in [-0.2, -0.15) is 0 Å². The monoisotopic (exact) mass is 329 g/mol. The van der Waals surface area contributed by atoms with Gasteiger partial charge in [-0.1, -0.05) is 19.1 Å². The second-order valence-electron chi connectivity index (χ2n) is 7.06. The second-order valence-corrected chi connectivity index (χ2v) is 7.06. The van der Waals surface area contributed by atoms with Gasteiger partial charge in [-0.3, -0.25) is 9.59 Å². The van der Waals surface area contributed by atoms with Crippen molar-refractivity contribution in [2.45, 2.75) is 57.5 Å². The third-order valence-corrected chi connectivity index (χ3v) is 5.11. The number of aryl methyl sites for hydroxylation is 1. The lowest BCUT2D eigenvalue weighted by atomic mass is 9.89. The largest absolute Gasteiger partial charge is 0.347 e. The molecule has 130 valence electrons. The summed E-state index contributed by atoms with van der Waals surface area (Å²) >= 11 is 0. The van der Waals surface area contributed by atoms with Crippen LogP contribution in [-0.4, -0.2) is 30.4 Å². The number of hydrogen-bond donors (Lipinski definition) is 3. The van der Waals surface area contributed by atoms with E-state index in [9.17, 15) is 9.59 Å². The normalized spacial score (nSPS) is 25.3. The highest BCUT2D eigenvalue weighted by Crippen LogP contribution is 2.32. The molecule has 0 saturated carbocycles. The molecule has 2 bridgehead atoms. The van der Waals surface area contributed by atoms with Crippen LogP contribution in [0.25, 0.3) is 0 Å². The maximum absolute atomic E-state index is 12.1. The lowest BCUT2D eigenvalue weighted by molar-refractivity contribution is -0.125. The maximum atomic E-state index is 12.1. The molecule has 5 heteroatoms. The minimum Gasteiger partial charge on any atom is -0.347 e. The average molecular weight is 329 g/mol.